The van der Waals surface area contributed by atoms with E-state index < -0.39 is 12.1 Å². The Morgan fingerprint density at radius 2 is 2.00 bits per heavy atom. The lowest BCUT2D eigenvalue weighted by molar-refractivity contribution is 0.0285. The van der Waals surface area contributed by atoms with Gasteiger partial charge in [0.15, 0.2) is 6.10 Å². The number of hydrogen-bond acceptors (Lipinski definition) is 7. The fraction of sp³-hybridized carbons (Fsp3) is 0.188. The van der Waals surface area contributed by atoms with Gasteiger partial charge in [-0.2, -0.15) is 0 Å². The second-order valence-corrected chi connectivity index (χ2v) is 5.65. The topological polar surface area (TPSA) is 74.5 Å². The van der Waals surface area contributed by atoms with Gasteiger partial charge in [0.1, 0.15) is 10.6 Å². The molecule has 3 rings (SSSR count). The third-order valence-corrected chi connectivity index (χ3v) is 3.98. The quantitative estimate of drug-likeness (QED) is 0.664. The number of hydrogen-bond donors (Lipinski definition) is 0. The van der Waals surface area contributed by atoms with Crippen LogP contribution in [0.4, 0.5) is 0 Å². The Morgan fingerprint density at radius 3 is 2.65 bits per heavy atom. The van der Waals surface area contributed by atoms with Crippen LogP contribution < -0.4 is 4.74 Å². The molecule has 7 heteroatoms. The molecular formula is C16H14N2O4S. The molecule has 0 aliphatic carbocycles. The highest BCUT2D eigenvalue weighted by Gasteiger charge is 2.20. The third kappa shape index (κ3) is 3.40. The fourth-order valence-electron chi connectivity index (χ4n) is 1.91. The minimum absolute atomic E-state index is 0.251. The summed E-state index contributed by atoms with van der Waals surface area (Å²) in [6.07, 6.45) is -0.621. The summed E-state index contributed by atoms with van der Waals surface area (Å²) in [5.41, 5.74) is 0.765. The van der Waals surface area contributed by atoms with Crippen LogP contribution in [0.2, 0.25) is 0 Å². The monoisotopic (exact) mass is 330 g/mol. The smallest absolute Gasteiger partial charge is 0.349 e. The predicted molar refractivity (Wildman–Crippen MR) is 84.4 cm³/mol. The first-order valence-electron chi connectivity index (χ1n) is 6.89. The van der Waals surface area contributed by atoms with Crippen LogP contribution in [0.25, 0.3) is 11.5 Å². The van der Waals surface area contributed by atoms with Crippen molar-refractivity contribution in [1.82, 2.24) is 10.2 Å². The summed E-state index contributed by atoms with van der Waals surface area (Å²) >= 11 is 1.32. The largest absolute Gasteiger partial charge is 0.497 e. The first-order chi connectivity index (χ1) is 11.2. The van der Waals surface area contributed by atoms with Crippen molar-refractivity contribution in [2.45, 2.75) is 13.0 Å². The molecule has 1 unspecified atom stereocenters. The summed E-state index contributed by atoms with van der Waals surface area (Å²) in [6, 6.07) is 10.7. The molecule has 23 heavy (non-hydrogen) atoms. The Balaban J connectivity index is 1.71. The number of ether oxygens (including phenoxy) is 2. The fourth-order valence-corrected chi connectivity index (χ4v) is 2.52. The molecule has 0 spiro atoms. The van der Waals surface area contributed by atoms with Crippen molar-refractivity contribution in [3.05, 3.63) is 52.5 Å². The molecule has 2 heterocycles. The predicted octanol–water partition coefficient (Wildman–Crippen LogP) is 3.72. The summed E-state index contributed by atoms with van der Waals surface area (Å²) in [4.78, 5) is 12.5. The molecule has 0 saturated carbocycles. The van der Waals surface area contributed by atoms with E-state index in [9.17, 15) is 4.79 Å². The van der Waals surface area contributed by atoms with Crippen LogP contribution in [0.1, 0.15) is 28.6 Å². The van der Waals surface area contributed by atoms with Crippen LogP contribution >= 0.6 is 11.3 Å². The van der Waals surface area contributed by atoms with Gasteiger partial charge in [-0.05, 0) is 42.6 Å². The van der Waals surface area contributed by atoms with E-state index in [2.05, 4.69) is 10.2 Å². The molecule has 1 atom stereocenters. The van der Waals surface area contributed by atoms with Gasteiger partial charge in [0.05, 0.1) is 7.11 Å². The minimum Gasteiger partial charge on any atom is -0.497 e. The zero-order valence-corrected chi connectivity index (χ0v) is 13.4. The SMILES string of the molecule is COc1ccc(-c2nnc(C(C)OC(=O)c3cccs3)o2)cc1. The van der Waals surface area contributed by atoms with Crippen molar-refractivity contribution in [3.63, 3.8) is 0 Å². The van der Waals surface area contributed by atoms with Gasteiger partial charge in [0, 0.05) is 5.56 Å². The Hall–Kier alpha value is -2.67. The van der Waals surface area contributed by atoms with Crippen molar-refractivity contribution in [3.8, 4) is 17.2 Å². The van der Waals surface area contributed by atoms with Crippen molar-refractivity contribution < 1.29 is 18.7 Å². The van der Waals surface area contributed by atoms with Gasteiger partial charge < -0.3 is 13.9 Å². The summed E-state index contributed by atoms with van der Waals surface area (Å²) < 4.78 is 16.0. The lowest BCUT2D eigenvalue weighted by Crippen LogP contribution is -2.08. The molecule has 0 bridgehead atoms. The van der Waals surface area contributed by atoms with Crippen molar-refractivity contribution in [2.75, 3.05) is 7.11 Å². The number of carbonyl (C=O) groups excluding carboxylic acids is 1. The molecule has 2 aromatic heterocycles. The number of rotatable bonds is 5. The summed E-state index contributed by atoms with van der Waals surface area (Å²) in [7, 11) is 1.60. The van der Waals surface area contributed by atoms with Crippen LogP contribution in [0.3, 0.4) is 0 Å². The van der Waals surface area contributed by atoms with Gasteiger partial charge in [0.25, 0.3) is 5.89 Å². The molecular weight excluding hydrogens is 316 g/mol. The normalized spacial score (nSPS) is 11.9. The van der Waals surface area contributed by atoms with Gasteiger partial charge in [-0.15, -0.1) is 21.5 Å². The number of methoxy groups -OCH3 is 1. The van der Waals surface area contributed by atoms with Gasteiger partial charge in [0.2, 0.25) is 5.89 Å². The summed E-state index contributed by atoms with van der Waals surface area (Å²) in [6.45, 7) is 1.69. The Bertz CT molecular complexity index is 781. The molecule has 0 N–H and O–H groups in total. The van der Waals surface area contributed by atoms with Gasteiger partial charge in [-0.3, -0.25) is 0 Å². The average Bonchev–Trinajstić information content (AvgIpc) is 3.26. The van der Waals surface area contributed by atoms with Crippen molar-refractivity contribution in [2.24, 2.45) is 0 Å². The average molecular weight is 330 g/mol. The lowest BCUT2D eigenvalue weighted by atomic mass is 10.2. The molecule has 0 radical (unpaired) electrons. The van der Waals surface area contributed by atoms with Crippen molar-refractivity contribution >= 4 is 17.3 Å². The van der Waals surface area contributed by atoms with E-state index in [1.165, 1.54) is 11.3 Å². The van der Waals surface area contributed by atoms with Crippen LogP contribution in [0.15, 0.2) is 46.2 Å². The summed E-state index contributed by atoms with van der Waals surface area (Å²) in [5.74, 6) is 0.950. The molecule has 0 aliphatic heterocycles. The van der Waals surface area contributed by atoms with E-state index in [0.29, 0.717) is 10.8 Å². The van der Waals surface area contributed by atoms with Crippen LogP contribution in [-0.2, 0) is 4.74 Å². The maximum absolute atomic E-state index is 11.9. The Labute approximate surface area is 136 Å². The molecule has 0 aliphatic rings. The minimum atomic E-state index is -0.621. The maximum Gasteiger partial charge on any atom is 0.349 e. The highest BCUT2D eigenvalue weighted by Crippen LogP contribution is 2.25. The number of thiophene rings is 1. The second-order valence-electron chi connectivity index (χ2n) is 4.70. The van der Waals surface area contributed by atoms with Crippen LogP contribution in [0, 0.1) is 0 Å². The highest BCUT2D eigenvalue weighted by molar-refractivity contribution is 7.11. The third-order valence-electron chi connectivity index (χ3n) is 3.13. The van der Waals surface area contributed by atoms with Gasteiger partial charge in [-0.25, -0.2) is 4.79 Å². The van der Waals surface area contributed by atoms with Gasteiger partial charge in [-0.1, -0.05) is 6.07 Å². The molecule has 118 valence electrons. The first-order valence-corrected chi connectivity index (χ1v) is 7.77. The first kappa shape index (κ1) is 15.2. The van der Waals surface area contributed by atoms with Crippen LogP contribution in [0.5, 0.6) is 5.75 Å². The number of esters is 1. The molecule has 0 amide bonds. The standard InChI is InChI=1S/C16H14N2O4S/c1-10(21-16(19)13-4-3-9-23-13)14-17-18-15(22-14)11-5-7-12(20-2)8-6-11/h3-10H,1-2H3. The van der Waals surface area contributed by atoms with E-state index >= 15 is 0 Å². The number of nitrogens with zero attached hydrogens (tertiary/aromatic N) is 2. The van der Waals surface area contributed by atoms with Crippen molar-refractivity contribution in [1.29, 1.82) is 0 Å². The van der Waals surface area contributed by atoms with E-state index in [1.807, 2.05) is 17.5 Å². The molecule has 3 aromatic rings. The zero-order valence-electron chi connectivity index (χ0n) is 12.6. The zero-order chi connectivity index (χ0) is 16.2. The number of aromatic nitrogens is 2. The summed E-state index contributed by atoms with van der Waals surface area (Å²) in [5, 5.41) is 9.75. The van der Waals surface area contributed by atoms with E-state index in [1.54, 1.807) is 38.3 Å². The second kappa shape index (κ2) is 6.62. The molecule has 0 fully saturated rings. The maximum atomic E-state index is 11.9. The molecule has 0 saturated heterocycles. The highest BCUT2D eigenvalue weighted by atomic mass is 32.1. The Morgan fingerprint density at radius 1 is 1.22 bits per heavy atom. The number of carbonyl (C=O) groups is 1. The molecule has 1 aromatic carbocycles. The van der Waals surface area contributed by atoms with Crippen LogP contribution in [-0.4, -0.2) is 23.3 Å². The molecule has 6 nitrogen and oxygen atoms in total. The lowest BCUT2D eigenvalue weighted by Gasteiger charge is -2.07. The van der Waals surface area contributed by atoms with Gasteiger partial charge >= 0.3 is 5.97 Å². The number of benzene rings is 1. The van der Waals surface area contributed by atoms with E-state index in [0.717, 1.165) is 11.3 Å². The van der Waals surface area contributed by atoms with E-state index in [-0.39, 0.29) is 5.89 Å². The van der Waals surface area contributed by atoms with E-state index in [4.69, 9.17) is 13.9 Å². The Kier molecular flexibility index (Phi) is 4.38.